The van der Waals surface area contributed by atoms with Crippen LogP contribution in [-0.2, 0) is 41.6 Å². The molecule has 0 bridgehead atoms. The van der Waals surface area contributed by atoms with Crippen molar-refractivity contribution in [2.75, 3.05) is 0 Å². The molecule has 41 heavy (non-hydrogen) atoms. The molecule has 0 aliphatic carbocycles. The number of carboxylic acid groups (broad SMARTS) is 2. The Labute approximate surface area is 235 Å². The lowest BCUT2D eigenvalue weighted by Gasteiger charge is -2.24. The highest BCUT2D eigenvalue weighted by atomic mass is 16.4. The predicted octanol–water partition coefficient (Wildman–Crippen LogP) is -1.22. The Kier molecular flexibility index (Phi) is 12.2. The molecule has 0 spiro atoms. The Morgan fingerprint density at radius 1 is 0.707 bits per heavy atom. The van der Waals surface area contributed by atoms with E-state index >= 15 is 0 Å². The summed E-state index contributed by atoms with van der Waals surface area (Å²) in [5.41, 5.74) is 12.4. The molecule has 4 atom stereocenters. The summed E-state index contributed by atoms with van der Waals surface area (Å²) in [6.07, 6.45) is -1.66. The first kappa shape index (κ1) is 32.2. The van der Waals surface area contributed by atoms with E-state index in [-0.39, 0.29) is 25.0 Å². The van der Waals surface area contributed by atoms with Gasteiger partial charge >= 0.3 is 11.9 Å². The van der Waals surface area contributed by atoms with Crippen molar-refractivity contribution >= 4 is 35.6 Å². The van der Waals surface area contributed by atoms with Gasteiger partial charge in [-0.2, -0.15) is 0 Å². The maximum absolute atomic E-state index is 13.1. The van der Waals surface area contributed by atoms with Gasteiger partial charge in [0.1, 0.15) is 23.9 Å². The number of nitrogens with one attached hydrogen (secondary N) is 3. The molecule has 0 aliphatic heterocycles. The Morgan fingerprint density at radius 2 is 1.24 bits per heavy atom. The van der Waals surface area contributed by atoms with Gasteiger partial charge in [0, 0.05) is 12.8 Å². The van der Waals surface area contributed by atoms with Gasteiger partial charge < -0.3 is 42.7 Å². The first-order valence-electron chi connectivity index (χ1n) is 12.6. The van der Waals surface area contributed by atoms with Crippen LogP contribution in [-0.4, -0.2) is 75.1 Å². The predicted molar refractivity (Wildman–Crippen MR) is 144 cm³/mol. The van der Waals surface area contributed by atoms with Crippen LogP contribution in [0.3, 0.4) is 0 Å². The number of hydrogen-bond donors (Lipinski definition) is 8. The molecular formula is C27H33N5O9. The van der Waals surface area contributed by atoms with Crippen molar-refractivity contribution in [3.63, 3.8) is 0 Å². The van der Waals surface area contributed by atoms with Gasteiger partial charge in [-0.3, -0.25) is 24.0 Å². The molecular weight excluding hydrogens is 538 g/mol. The van der Waals surface area contributed by atoms with Crippen LogP contribution in [0.15, 0.2) is 54.6 Å². The van der Waals surface area contributed by atoms with E-state index in [0.29, 0.717) is 5.56 Å². The number of aromatic hydroxyl groups is 1. The number of aliphatic carboxylic acids is 2. The third-order valence-corrected chi connectivity index (χ3v) is 5.94. The van der Waals surface area contributed by atoms with Crippen LogP contribution in [0.2, 0.25) is 0 Å². The lowest BCUT2D eigenvalue weighted by Crippen LogP contribution is -2.58. The molecule has 10 N–H and O–H groups in total. The SMILES string of the molecule is NC(=O)CC(NC(=O)C(CCC(=O)O)NC(=O)C(N)Cc1ccccc1)C(=O)NC(Cc1ccc(O)cc1)C(=O)O. The van der Waals surface area contributed by atoms with E-state index in [1.165, 1.54) is 24.3 Å². The van der Waals surface area contributed by atoms with Crippen molar-refractivity contribution in [2.45, 2.75) is 56.3 Å². The van der Waals surface area contributed by atoms with Crippen LogP contribution in [0.4, 0.5) is 0 Å². The second-order valence-corrected chi connectivity index (χ2v) is 9.29. The van der Waals surface area contributed by atoms with Crippen molar-refractivity contribution in [2.24, 2.45) is 11.5 Å². The van der Waals surface area contributed by atoms with Crippen LogP contribution in [0, 0.1) is 0 Å². The van der Waals surface area contributed by atoms with E-state index in [1.807, 2.05) is 0 Å². The fourth-order valence-electron chi connectivity index (χ4n) is 3.80. The normalized spacial score (nSPS) is 13.6. The summed E-state index contributed by atoms with van der Waals surface area (Å²) < 4.78 is 0. The molecule has 4 unspecified atom stereocenters. The van der Waals surface area contributed by atoms with Gasteiger partial charge in [-0.15, -0.1) is 0 Å². The molecule has 4 amide bonds. The number of amides is 4. The van der Waals surface area contributed by atoms with Gasteiger partial charge in [0.15, 0.2) is 0 Å². The molecule has 0 aromatic heterocycles. The summed E-state index contributed by atoms with van der Waals surface area (Å²) in [4.78, 5) is 73.4. The van der Waals surface area contributed by atoms with Crippen molar-refractivity contribution in [1.29, 1.82) is 0 Å². The van der Waals surface area contributed by atoms with Crippen molar-refractivity contribution in [3.8, 4) is 5.75 Å². The highest BCUT2D eigenvalue weighted by Gasteiger charge is 2.31. The maximum atomic E-state index is 13.1. The maximum Gasteiger partial charge on any atom is 0.326 e. The van der Waals surface area contributed by atoms with Crippen LogP contribution >= 0.6 is 0 Å². The summed E-state index contributed by atoms with van der Waals surface area (Å²) in [5.74, 6) is -6.50. The smallest absolute Gasteiger partial charge is 0.326 e. The van der Waals surface area contributed by atoms with E-state index in [9.17, 15) is 39.0 Å². The minimum absolute atomic E-state index is 0.0422. The van der Waals surface area contributed by atoms with E-state index in [1.54, 1.807) is 30.3 Å². The molecule has 0 heterocycles. The third kappa shape index (κ3) is 11.3. The molecule has 0 saturated heterocycles. The van der Waals surface area contributed by atoms with Crippen LogP contribution in [0.25, 0.3) is 0 Å². The quantitative estimate of drug-likeness (QED) is 0.119. The molecule has 0 fully saturated rings. The third-order valence-electron chi connectivity index (χ3n) is 5.94. The zero-order valence-electron chi connectivity index (χ0n) is 22.0. The minimum Gasteiger partial charge on any atom is -0.508 e. The fraction of sp³-hybridized carbons (Fsp3) is 0.333. The standard InChI is InChI=1S/C27H33N5O9/c28-18(12-15-4-2-1-3-5-15)24(37)30-19(10-11-23(35)36)25(38)31-20(14-22(29)34)26(39)32-21(27(40)41)13-16-6-8-17(33)9-7-16/h1-9,18-21,33H,10-14,28H2,(H2,29,34)(H,30,37)(H,31,38)(H,32,39)(H,35,36)(H,40,41). The Balaban J connectivity index is 2.15. The summed E-state index contributed by atoms with van der Waals surface area (Å²) in [5, 5.41) is 35.0. The van der Waals surface area contributed by atoms with E-state index in [0.717, 1.165) is 5.56 Å². The zero-order valence-corrected chi connectivity index (χ0v) is 22.0. The molecule has 14 nitrogen and oxygen atoms in total. The van der Waals surface area contributed by atoms with Gasteiger partial charge in [0.2, 0.25) is 23.6 Å². The van der Waals surface area contributed by atoms with Crippen molar-refractivity contribution in [1.82, 2.24) is 16.0 Å². The highest BCUT2D eigenvalue weighted by Crippen LogP contribution is 2.12. The van der Waals surface area contributed by atoms with Crippen LogP contribution in [0.5, 0.6) is 5.75 Å². The molecule has 0 radical (unpaired) electrons. The molecule has 0 saturated carbocycles. The average Bonchev–Trinajstić information content (AvgIpc) is 2.91. The van der Waals surface area contributed by atoms with Gasteiger partial charge in [-0.05, 0) is 36.1 Å². The number of carbonyl (C=O) groups is 6. The lowest BCUT2D eigenvalue weighted by atomic mass is 10.0. The number of carbonyl (C=O) groups excluding carboxylic acids is 4. The lowest BCUT2D eigenvalue weighted by molar-refractivity contribution is -0.142. The molecule has 2 rings (SSSR count). The van der Waals surface area contributed by atoms with Gasteiger partial charge in [0.25, 0.3) is 0 Å². The summed E-state index contributed by atoms with van der Waals surface area (Å²) in [6.45, 7) is 0. The first-order chi connectivity index (χ1) is 19.3. The average molecular weight is 572 g/mol. The topological polar surface area (TPSA) is 251 Å². The summed E-state index contributed by atoms with van der Waals surface area (Å²) in [6, 6.07) is 8.74. The van der Waals surface area contributed by atoms with E-state index in [4.69, 9.17) is 16.6 Å². The molecule has 2 aromatic carbocycles. The number of hydrogen-bond acceptors (Lipinski definition) is 8. The summed E-state index contributed by atoms with van der Waals surface area (Å²) in [7, 11) is 0. The minimum atomic E-state index is -1.64. The number of rotatable bonds is 16. The number of phenolic OH excluding ortho intramolecular Hbond substituents is 1. The number of phenols is 1. The largest absolute Gasteiger partial charge is 0.508 e. The van der Waals surface area contributed by atoms with Crippen molar-refractivity contribution in [3.05, 3.63) is 65.7 Å². The van der Waals surface area contributed by atoms with Gasteiger partial charge in [-0.25, -0.2) is 4.79 Å². The molecule has 2 aromatic rings. The molecule has 220 valence electrons. The number of carboxylic acids is 2. The van der Waals surface area contributed by atoms with E-state index in [2.05, 4.69) is 16.0 Å². The second-order valence-electron chi connectivity index (χ2n) is 9.29. The Bertz CT molecular complexity index is 1240. The Hall–Kier alpha value is -4.98. The number of benzene rings is 2. The van der Waals surface area contributed by atoms with Crippen molar-refractivity contribution < 1.29 is 44.1 Å². The van der Waals surface area contributed by atoms with Crippen LogP contribution < -0.4 is 27.4 Å². The monoisotopic (exact) mass is 571 g/mol. The molecule has 0 aliphatic rings. The first-order valence-corrected chi connectivity index (χ1v) is 12.6. The van der Waals surface area contributed by atoms with E-state index < -0.39 is 72.6 Å². The Morgan fingerprint density at radius 3 is 1.80 bits per heavy atom. The summed E-state index contributed by atoms with van der Waals surface area (Å²) >= 11 is 0. The highest BCUT2D eigenvalue weighted by molar-refractivity contribution is 5.96. The van der Waals surface area contributed by atoms with Gasteiger partial charge in [-0.1, -0.05) is 42.5 Å². The van der Waals surface area contributed by atoms with Gasteiger partial charge in [0.05, 0.1) is 12.5 Å². The second kappa shape index (κ2) is 15.6. The number of primary amides is 1. The molecule has 14 heteroatoms. The van der Waals surface area contributed by atoms with Crippen LogP contribution in [0.1, 0.15) is 30.4 Å². The number of nitrogens with two attached hydrogens (primary N) is 2. The zero-order chi connectivity index (χ0) is 30.5. The fourth-order valence-corrected chi connectivity index (χ4v) is 3.80.